The van der Waals surface area contributed by atoms with Gasteiger partial charge in [0.15, 0.2) is 0 Å². The van der Waals surface area contributed by atoms with E-state index in [-0.39, 0.29) is 0 Å². The molecule has 1 atom stereocenters. The van der Waals surface area contributed by atoms with E-state index in [0.717, 1.165) is 7.66 Å². The topological polar surface area (TPSA) is 0 Å². The molecule has 0 aliphatic rings. The Labute approximate surface area is 33.6 Å². The Kier molecular flexibility index (Phi) is 4.66. The van der Waals surface area contributed by atoms with Crippen molar-refractivity contribution in [2.75, 3.05) is 6.26 Å². The van der Waals surface area contributed by atoms with Gasteiger partial charge in [-0.25, -0.2) is 0 Å². The second-order valence-corrected chi connectivity index (χ2v) is 3.67. The van der Waals surface area contributed by atoms with Crippen molar-refractivity contribution in [3.05, 3.63) is 0 Å². The van der Waals surface area contributed by atoms with Crippen LogP contribution in [-0.4, -0.2) is 13.8 Å². The van der Waals surface area contributed by atoms with Crippen LogP contribution in [0.15, 0.2) is 0 Å². The first kappa shape index (κ1) is 4.84. The monoisotopic (exact) mass is 92.0 g/mol. The van der Waals surface area contributed by atoms with Gasteiger partial charge in [0.25, 0.3) is 0 Å². The standard InChI is InChI=1S/CH6BPS/c1-4-3-2/h3H,2H2,1H3. The highest BCUT2D eigenvalue weighted by Crippen LogP contribution is 2.17. The first-order valence-electron chi connectivity index (χ1n) is 1.11. The molecule has 4 heavy (non-hydrogen) atoms. The minimum atomic E-state index is 1.06. The Balaban J connectivity index is 1.97. The predicted octanol–water partition coefficient (Wildman–Crippen LogP) is 0.491. The second kappa shape index (κ2) is 3.84. The summed E-state index contributed by atoms with van der Waals surface area (Å²) in [6.07, 6.45) is 2.11. The molecule has 0 fully saturated rings. The molecule has 0 spiro atoms. The van der Waals surface area contributed by atoms with Gasteiger partial charge in [-0.1, -0.05) is 0 Å². The molecule has 24 valence electrons. The highest BCUT2D eigenvalue weighted by Gasteiger charge is 1.55. The van der Waals surface area contributed by atoms with Crippen LogP contribution in [0.1, 0.15) is 0 Å². The smallest absolute Gasteiger partial charge is 0.143 e. The fourth-order valence-corrected chi connectivity index (χ4v) is 0. The third kappa shape index (κ3) is 2.84. The molecule has 0 aromatic heterocycles. The van der Waals surface area contributed by atoms with Crippen LogP contribution >= 0.6 is 19.0 Å². The van der Waals surface area contributed by atoms with Crippen LogP contribution in [-0.2, 0) is 0 Å². The fourth-order valence-electron chi connectivity index (χ4n) is 0. The van der Waals surface area contributed by atoms with Crippen LogP contribution in [0.5, 0.6) is 0 Å². The van der Waals surface area contributed by atoms with Gasteiger partial charge in [0.2, 0.25) is 0 Å². The van der Waals surface area contributed by atoms with Crippen LogP contribution < -0.4 is 0 Å². The van der Waals surface area contributed by atoms with E-state index in [1.807, 2.05) is 11.4 Å². The van der Waals surface area contributed by atoms with Crippen molar-refractivity contribution in [2.24, 2.45) is 0 Å². The van der Waals surface area contributed by atoms with Crippen LogP contribution in [0.25, 0.3) is 0 Å². The molecule has 0 aromatic rings. The lowest BCUT2D eigenvalue weighted by atomic mass is 10.8. The molecule has 0 aliphatic heterocycles. The highest BCUT2D eigenvalue weighted by atomic mass is 32.7. The second-order valence-electron chi connectivity index (χ2n) is 0.408. The largest absolute Gasteiger partial charge is 0.151 e. The van der Waals surface area contributed by atoms with Crippen LogP contribution in [0.3, 0.4) is 0 Å². The Bertz CT molecular complexity index is 10.0. The highest BCUT2D eigenvalue weighted by molar-refractivity contribution is 8.55. The molecular weight excluding hydrogens is 85.9 g/mol. The normalized spacial score (nSPS) is 10.2. The molecule has 0 aromatic carbocycles. The average Bonchev–Trinajstić information content (AvgIpc) is 1.37. The van der Waals surface area contributed by atoms with Crippen LogP contribution in [0.4, 0.5) is 0 Å². The SMILES string of the molecule is BPSC. The summed E-state index contributed by atoms with van der Waals surface area (Å²) in [6, 6.07) is 0. The maximum Gasteiger partial charge on any atom is 0.143 e. The van der Waals surface area contributed by atoms with Gasteiger partial charge >= 0.3 is 0 Å². The minimum absolute atomic E-state index is 1.06. The lowest BCUT2D eigenvalue weighted by molar-refractivity contribution is 2.54. The van der Waals surface area contributed by atoms with E-state index in [0.29, 0.717) is 0 Å². The molecule has 3 heteroatoms. The average molecular weight is 91.9 g/mol. The van der Waals surface area contributed by atoms with Crippen molar-refractivity contribution >= 4 is 26.6 Å². The maximum absolute atomic E-state index is 2.17. The molecule has 0 rings (SSSR count). The van der Waals surface area contributed by atoms with E-state index in [2.05, 4.69) is 13.8 Å². The Morgan fingerprint density at radius 1 is 2.00 bits per heavy atom. The summed E-state index contributed by atoms with van der Waals surface area (Å²) in [6.45, 7) is 0. The molecule has 0 aliphatic carbocycles. The minimum Gasteiger partial charge on any atom is -0.151 e. The van der Waals surface area contributed by atoms with Gasteiger partial charge in [0.05, 0.1) is 0 Å². The van der Waals surface area contributed by atoms with Gasteiger partial charge in [-0.3, -0.25) is 0 Å². The number of hydrogen-bond acceptors (Lipinski definition) is 1. The third-order valence-corrected chi connectivity index (χ3v) is 1.84. The molecular formula is CH6BPS. The summed E-state index contributed by atoms with van der Waals surface area (Å²) in [5, 5.41) is 0. The summed E-state index contributed by atoms with van der Waals surface area (Å²) in [5.74, 6) is 0. The molecule has 0 amide bonds. The molecule has 0 bridgehead atoms. The summed E-state index contributed by atoms with van der Waals surface area (Å²) < 4.78 is 0. The molecule has 0 radical (unpaired) electrons. The van der Waals surface area contributed by atoms with Crippen molar-refractivity contribution in [2.45, 2.75) is 0 Å². The third-order valence-electron chi connectivity index (χ3n) is 0.204. The molecule has 0 N–H and O–H groups in total. The van der Waals surface area contributed by atoms with Crippen molar-refractivity contribution in [3.8, 4) is 0 Å². The molecule has 0 saturated heterocycles. The quantitative estimate of drug-likeness (QED) is 0.335. The molecule has 0 heterocycles. The lowest BCUT2D eigenvalue weighted by Crippen LogP contribution is -1.27. The van der Waals surface area contributed by atoms with Gasteiger partial charge in [-0.2, -0.15) is 11.4 Å². The van der Waals surface area contributed by atoms with Crippen molar-refractivity contribution in [1.29, 1.82) is 0 Å². The zero-order valence-electron chi connectivity index (χ0n) is 2.91. The van der Waals surface area contributed by atoms with E-state index < -0.39 is 0 Å². The van der Waals surface area contributed by atoms with Crippen molar-refractivity contribution in [1.82, 2.24) is 0 Å². The predicted molar refractivity (Wildman–Crippen MR) is 30.4 cm³/mol. The summed E-state index contributed by atoms with van der Waals surface area (Å²) in [5.41, 5.74) is 0. The Hall–Kier alpha value is 0.845. The van der Waals surface area contributed by atoms with Gasteiger partial charge < -0.3 is 0 Å². The van der Waals surface area contributed by atoms with Crippen molar-refractivity contribution < 1.29 is 0 Å². The summed E-state index contributed by atoms with van der Waals surface area (Å²) in [4.78, 5) is 0. The van der Waals surface area contributed by atoms with E-state index in [1.54, 1.807) is 0 Å². The van der Waals surface area contributed by atoms with Crippen LogP contribution in [0.2, 0.25) is 0 Å². The van der Waals surface area contributed by atoms with Crippen molar-refractivity contribution in [3.63, 3.8) is 0 Å². The maximum atomic E-state index is 2.17. The number of hydrogen-bond donors (Lipinski definition) is 0. The zero-order chi connectivity index (χ0) is 3.41. The summed E-state index contributed by atoms with van der Waals surface area (Å²) >= 11 is 1.88. The van der Waals surface area contributed by atoms with E-state index in [9.17, 15) is 0 Å². The number of rotatable bonds is 1. The van der Waals surface area contributed by atoms with Gasteiger partial charge in [0, 0.05) is 0 Å². The van der Waals surface area contributed by atoms with Gasteiger partial charge in [-0.15, -0.1) is 7.66 Å². The molecule has 1 unspecified atom stereocenters. The van der Waals surface area contributed by atoms with E-state index >= 15 is 0 Å². The zero-order valence-corrected chi connectivity index (χ0v) is 4.72. The molecule has 0 nitrogen and oxygen atoms in total. The first-order chi connectivity index (χ1) is 1.91. The van der Waals surface area contributed by atoms with E-state index in [1.165, 1.54) is 0 Å². The van der Waals surface area contributed by atoms with Gasteiger partial charge in [-0.05, 0) is 6.26 Å². The fraction of sp³-hybridized carbons (Fsp3) is 1.00. The Morgan fingerprint density at radius 3 is 2.25 bits per heavy atom. The lowest BCUT2D eigenvalue weighted by Gasteiger charge is -1.70. The summed E-state index contributed by atoms with van der Waals surface area (Å²) in [7, 11) is 3.23. The Morgan fingerprint density at radius 2 is 2.25 bits per heavy atom. The van der Waals surface area contributed by atoms with Crippen LogP contribution in [0, 0.1) is 0 Å². The van der Waals surface area contributed by atoms with E-state index in [4.69, 9.17) is 0 Å². The first-order valence-corrected chi connectivity index (χ1v) is 4.56. The van der Waals surface area contributed by atoms with Gasteiger partial charge in [0.1, 0.15) is 7.57 Å². The molecule has 0 saturated carbocycles.